The summed E-state index contributed by atoms with van der Waals surface area (Å²) in [6.07, 6.45) is 2.48. The molecule has 4 aromatic rings. The van der Waals surface area contributed by atoms with Gasteiger partial charge in [0.2, 0.25) is 5.13 Å². The molecule has 244 valence electrons. The summed E-state index contributed by atoms with van der Waals surface area (Å²) in [5, 5.41) is 20.4. The van der Waals surface area contributed by atoms with E-state index in [9.17, 15) is 19.1 Å². The van der Waals surface area contributed by atoms with Crippen LogP contribution in [0.1, 0.15) is 61.9 Å². The fourth-order valence-electron chi connectivity index (χ4n) is 5.59. The number of thioether (sulfide) groups is 1. The van der Waals surface area contributed by atoms with Crippen molar-refractivity contribution < 1.29 is 33.3 Å². The number of carbonyl (C=O) groups is 2. The van der Waals surface area contributed by atoms with Crippen molar-refractivity contribution in [2.45, 2.75) is 62.3 Å². The molecule has 47 heavy (non-hydrogen) atoms. The number of hydrogen-bond acceptors (Lipinski definition) is 10. The third kappa shape index (κ3) is 6.70. The second kappa shape index (κ2) is 14.1. The van der Waals surface area contributed by atoms with Crippen LogP contribution in [0, 0.1) is 5.82 Å². The lowest BCUT2D eigenvalue weighted by molar-refractivity contribution is -0.132. The first-order chi connectivity index (χ1) is 22.8. The largest absolute Gasteiger partial charge is 0.507 e. The number of aliphatic hydroxyl groups is 1. The number of aromatic nitrogens is 2. The van der Waals surface area contributed by atoms with Crippen molar-refractivity contribution >= 4 is 45.7 Å². The molecule has 0 bridgehead atoms. The highest BCUT2D eigenvalue weighted by molar-refractivity contribution is 8.00. The fraction of sp³-hybridized carbons (Fsp3) is 0.314. The molecule has 1 fully saturated rings. The molecule has 3 heterocycles. The van der Waals surface area contributed by atoms with Crippen LogP contribution < -0.4 is 19.1 Å². The number of Topliss-reactive ketones (excluding diaryl/α,β-unsaturated/α-hetero) is 1. The zero-order chi connectivity index (χ0) is 33.1. The SMILES string of the molecule is CCCCOc1ccc(C2C(=C(O)c3ccc4c(c3)CC(C)O4)C(=O)C(=O)N2c2nnc(SCc3ccccc3F)s2)cc1OCC. The summed E-state index contributed by atoms with van der Waals surface area (Å²) in [4.78, 5) is 28.9. The van der Waals surface area contributed by atoms with Gasteiger partial charge >= 0.3 is 5.91 Å². The molecule has 0 aliphatic carbocycles. The Morgan fingerprint density at radius 2 is 1.91 bits per heavy atom. The van der Waals surface area contributed by atoms with Crippen molar-refractivity contribution in [3.05, 3.63) is 94.3 Å². The summed E-state index contributed by atoms with van der Waals surface area (Å²) in [6.45, 7) is 6.76. The number of hydrogen-bond donors (Lipinski definition) is 1. The molecule has 1 amide bonds. The van der Waals surface area contributed by atoms with Gasteiger partial charge in [-0.15, -0.1) is 10.2 Å². The van der Waals surface area contributed by atoms with Crippen LogP contribution >= 0.6 is 23.1 Å². The molecule has 3 aromatic carbocycles. The third-order valence-corrected chi connectivity index (χ3v) is 9.97. The molecule has 2 aliphatic rings. The molecule has 2 aliphatic heterocycles. The van der Waals surface area contributed by atoms with Crippen molar-refractivity contribution in [1.82, 2.24) is 10.2 Å². The van der Waals surface area contributed by atoms with Crippen molar-refractivity contribution in [2.75, 3.05) is 18.1 Å². The summed E-state index contributed by atoms with van der Waals surface area (Å²) in [7, 11) is 0. The maximum atomic E-state index is 14.2. The van der Waals surface area contributed by atoms with Crippen LogP contribution in [-0.4, -0.2) is 46.3 Å². The monoisotopic (exact) mass is 675 g/mol. The molecule has 6 rings (SSSR count). The van der Waals surface area contributed by atoms with Crippen LogP contribution in [0.2, 0.25) is 0 Å². The predicted molar refractivity (Wildman–Crippen MR) is 179 cm³/mol. The van der Waals surface area contributed by atoms with E-state index in [4.69, 9.17) is 14.2 Å². The Morgan fingerprint density at radius 3 is 2.70 bits per heavy atom. The molecule has 2 unspecified atom stereocenters. The minimum atomic E-state index is -1.04. The highest BCUT2D eigenvalue weighted by Crippen LogP contribution is 2.46. The number of carbonyl (C=O) groups excluding carboxylic acids is 2. The standard InChI is InChI=1S/C35H34FN3O6S2/c1-4-6-15-44-27-14-11-21(18-28(27)43-5-2)30-29(31(40)22-12-13-26-24(17-22)16-20(3)45-26)32(41)33(42)39(30)34-37-38-35(47-34)46-19-23-9-7-8-10-25(23)36/h7-14,17-18,20,30,40H,4-6,15-16,19H2,1-3H3. The van der Waals surface area contributed by atoms with Crippen LogP contribution in [-0.2, 0) is 21.8 Å². The number of fused-ring (bicyclic) bond motifs is 1. The van der Waals surface area contributed by atoms with Crippen molar-refractivity contribution in [2.24, 2.45) is 0 Å². The Hall–Kier alpha value is -4.42. The van der Waals surface area contributed by atoms with Crippen molar-refractivity contribution in [1.29, 1.82) is 0 Å². The zero-order valence-corrected chi connectivity index (χ0v) is 27.8. The van der Waals surface area contributed by atoms with E-state index in [1.54, 1.807) is 54.6 Å². The van der Waals surface area contributed by atoms with Gasteiger partial charge in [0, 0.05) is 17.7 Å². The smallest absolute Gasteiger partial charge is 0.301 e. The van der Waals surface area contributed by atoms with Crippen LogP contribution in [0.5, 0.6) is 17.2 Å². The Morgan fingerprint density at radius 1 is 1.09 bits per heavy atom. The molecular formula is C35H34FN3O6S2. The Bertz CT molecular complexity index is 1840. The van der Waals surface area contributed by atoms with E-state index in [0.29, 0.717) is 57.9 Å². The van der Waals surface area contributed by atoms with E-state index >= 15 is 0 Å². The summed E-state index contributed by atoms with van der Waals surface area (Å²) < 4.78 is 32.5. The van der Waals surface area contributed by atoms with Gasteiger partial charge in [0.25, 0.3) is 5.78 Å². The van der Waals surface area contributed by atoms with Gasteiger partial charge < -0.3 is 19.3 Å². The molecular weight excluding hydrogens is 642 g/mol. The minimum Gasteiger partial charge on any atom is -0.507 e. The van der Waals surface area contributed by atoms with Gasteiger partial charge in [-0.3, -0.25) is 14.5 Å². The van der Waals surface area contributed by atoms with E-state index in [0.717, 1.165) is 35.5 Å². The molecule has 2 atom stereocenters. The van der Waals surface area contributed by atoms with Gasteiger partial charge in [0.15, 0.2) is 15.8 Å². The van der Waals surface area contributed by atoms with Gasteiger partial charge in [0.05, 0.1) is 24.8 Å². The molecule has 0 saturated carbocycles. The van der Waals surface area contributed by atoms with E-state index in [2.05, 4.69) is 17.1 Å². The third-order valence-electron chi connectivity index (χ3n) is 7.86. The van der Waals surface area contributed by atoms with Crippen LogP contribution in [0.3, 0.4) is 0 Å². The average molecular weight is 676 g/mol. The first kappa shape index (κ1) is 32.5. The number of benzene rings is 3. The summed E-state index contributed by atoms with van der Waals surface area (Å²) >= 11 is 2.39. The number of rotatable bonds is 12. The second-order valence-electron chi connectivity index (χ2n) is 11.2. The average Bonchev–Trinajstić information content (AvgIpc) is 3.76. The summed E-state index contributed by atoms with van der Waals surface area (Å²) in [5.74, 6) is -0.312. The lowest BCUT2D eigenvalue weighted by Gasteiger charge is -2.23. The maximum absolute atomic E-state index is 14.2. The number of ether oxygens (including phenoxy) is 3. The molecule has 1 N–H and O–H groups in total. The van der Waals surface area contributed by atoms with Crippen LogP contribution in [0.25, 0.3) is 5.76 Å². The van der Waals surface area contributed by atoms with Gasteiger partial charge in [-0.1, -0.05) is 60.7 Å². The molecule has 0 spiro atoms. The van der Waals surface area contributed by atoms with Crippen LogP contribution in [0.15, 0.2) is 70.6 Å². The number of anilines is 1. The van der Waals surface area contributed by atoms with E-state index in [1.165, 1.54) is 22.7 Å². The van der Waals surface area contributed by atoms with Crippen molar-refractivity contribution in [3.63, 3.8) is 0 Å². The molecule has 1 aromatic heterocycles. The molecule has 0 radical (unpaired) electrons. The topological polar surface area (TPSA) is 111 Å². The van der Waals surface area contributed by atoms with Crippen molar-refractivity contribution in [3.8, 4) is 17.2 Å². The lowest BCUT2D eigenvalue weighted by atomic mass is 9.94. The quantitative estimate of drug-likeness (QED) is 0.0408. The van der Waals surface area contributed by atoms with E-state index in [1.807, 2.05) is 13.8 Å². The highest BCUT2D eigenvalue weighted by atomic mass is 32.2. The second-order valence-corrected chi connectivity index (χ2v) is 13.4. The Kier molecular flexibility index (Phi) is 9.79. The number of unbranched alkanes of at least 4 members (excludes halogenated alkanes) is 1. The lowest BCUT2D eigenvalue weighted by Crippen LogP contribution is -2.29. The normalized spacial score (nSPS) is 18.3. The number of halogens is 1. The van der Waals surface area contributed by atoms with Gasteiger partial charge in [-0.25, -0.2) is 4.39 Å². The number of nitrogens with zero attached hydrogens (tertiary/aromatic N) is 3. The van der Waals surface area contributed by atoms with Gasteiger partial charge in [0.1, 0.15) is 23.4 Å². The number of aliphatic hydroxyl groups excluding tert-OH is 1. The Labute approximate surface area is 280 Å². The number of amides is 1. The molecule has 12 heteroatoms. The summed E-state index contributed by atoms with van der Waals surface area (Å²) in [5.41, 5.74) is 2.24. The van der Waals surface area contributed by atoms with Crippen LogP contribution in [0.4, 0.5) is 9.52 Å². The first-order valence-electron chi connectivity index (χ1n) is 15.5. The van der Waals surface area contributed by atoms with Gasteiger partial charge in [-0.2, -0.15) is 0 Å². The maximum Gasteiger partial charge on any atom is 0.301 e. The molecule has 1 saturated heterocycles. The van der Waals surface area contributed by atoms with Gasteiger partial charge in [-0.05, 0) is 73.4 Å². The Balaban J connectivity index is 1.42. The van der Waals surface area contributed by atoms with E-state index < -0.39 is 17.7 Å². The summed E-state index contributed by atoms with van der Waals surface area (Å²) in [6, 6.07) is 15.9. The fourth-order valence-corrected chi connectivity index (χ4v) is 7.45. The van der Waals surface area contributed by atoms with E-state index in [-0.39, 0.29) is 28.4 Å². The highest BCUT2D eigenvalue weighted by Gasteiger charge is 2.48. The zero-order valence-electron chi connectivity index (χ0n) is 26.2. The predicted octanol–water partition coefficient (Wildman–Crippen LogP) is 7.50. The molecule has 9 nitrogen and oxygen atoms in total. The minimum absolute atomic E-state index is 0.00845. The first-order valence-corrected chi connectivity index (χ1v) is 17.3. The number of ketones is 1.